The van der Waals surface area contributed by atoms with Crippen molar-refractivity contribution in [3.05, 3.63) is 29.6 Å². The van der Waals surface area contributed by atoms with Crippen LogP contribution in [0.15, 0.2) is 18.3 Å². The van der Waals surface area contributed by atoms with Crippen LogP contribution in [-0.2, 0) is 17.9 Å². The summed E-state index contributed by atoms with van der Waals surface area (Å²) in [4.78, 5) is 4.28. The number of hydrogen-bond donors (Lipinski definition) is 1. The lowest BCUT2D eigenvalue weighted by Gasteiger charge is -2.32. The number of hydrogen-bond acceptors (Lipinski definition) is 3. The second kappa shape index (κ2) is 6.30. The van der Waals surface area contributed by atoms with E-state index in [9.17, 15) is 0 Å². The zero-order valence-electron chi connectivity index (χ0n) is 11.4. The van der Waals surface area contributed by atoms with Crippen LogP contribution in [0.5, 0.6) is 0 Å². The number of nitrogens with zero attached hydrogens (tertiary/aromatic N) is 1. The van der Waals surface area contributed by atoms with Gasteiger partial charge in [-0.25, -0.2) is 0 Å². The van der Waals surface area contributed by atoms with Crippen LogP contribution in [0.25, 0.3) is 0 Å². The van der Waals surface area contributed by atoms with Crippen molar-refractivity contribution >= 4 is 0 Å². The molecule has 2 N–H and O–H groups in total. The molecule has 1 aromatic heterocycles. The highest BCUT2D eigenvalue weighted by molar-refractivity contribution is 5.18. The fourth-order valence-corrected chi connectivity index (χ4v) is 2.64. The molecular weight excluding hydrogens is 224 g/mol. The molecule has 3 unspecified atom stereocenters. The van der Waals surface area contributed by atoms with E-state index in [-0.39, 0.29) is 0 Å². The van der Waals surface area contributed by atoms with Gasteiger partial charge in [0.25, 0.3) is 0 Å². The average molecular weight is 248 g/mol. The van der Waals surface area contributed by atoms with E-state index in [0.29, 0.717) is 19.3 Å². The number of nitrogens with two attached hydrogens (primary N) is 1. The van der Waals surface area contributed by atoms with Crippen molar-refractivity contribution in [3.8, 4) is 0 Å². The molecular formula is C15H24N2O. The van der Waals surface area contributed by atoms with Gasteiger partial charge in [-0.05, 0) is 37.2 Å². The van der Waals surface area contributed by atoms with Gasteiger partial charge in [0.2, 0.25) is 0 Å². The van der Waals surface area contributed by atoms with Crippen molar-refractivity contribution in [2.45, 2.75) is 52.4 Å². The summed E-state index contributed by atoms with van der Waals surface area (Å²) in [6.45, 7) is 5.80. The second-order valence-electron chi connectivity index (χ2n) is 5.51. The Hall–Kier alpha value is -0.930. The van der Waals surface area contributed by atoms with E-state index < -0.39 is 0 Å². The predicted octanol–water partition coefficient (Wildman–Crippen LogP) is 2.88. The van der Waals surface area contributed by atoms with E-state index >= 15 is 0 Å². The SMILES string of the molecule is CC1CCC(OCc2cccnc2CN)CC1C. The monoisotopic (exact) mass is 248 g/mol. The zero-order valence-corrected chi connectivity index (χ0v) is 11.4. The molecule has 0 spiro atoms. The molecule has 1 fully saturated rings. The molecule has 3 heteroatoms. The van der Waals surface area contributed by atoms with Crippen LogP contribution in [0.2, 0.25) is 0 Å². The largest absolute Gasteiger partial charge is 0.373 e. The summed E-state index contributed by atoms with van der Waals surface area (Å²) < 4.78 is 6.03. The lowest BCUT2D eigenvalue weighted by Crippen LogP contribution is -2.26. The minimum absolute atomic E-state index is 0.405. The van der Waals surface area contributed by atoms with Gasteiger partial charge >= 0.3 is 0 Å². The van der Waals surface area contributed by atoms with Crippen molar-refractivity contribution in [2.75, 3.05) is 0 Å². The second-order valence-corrected chi connectivity index (χ2v) is 5.51. The van der Waals surface area contributed by atoms with E-state index in [1.54, 1.807) is 6.20 Å². The van der Waals surface area contributed by atoms with Crippen LogP contribution < -0.4 is 5.73 Å². The summed E-state index contributed by atoms with van der Waals surface area (Å²) in [7, 11) is 0. The molecule has 1 heterocycles. The molecule has 1 aliphatic rings. The Morgan fingerprint density at radius 1 is 1.33 bits per heavy atom. The average Bonchev–Trinajstić information content (AvgIpc) is 2.40. The number of aromatic nitrogens is 1. The highest BCUT2D eigenvalue weighted by Crippen LogP contribution is 2.31. The summed E-state index contributed by atoms with van der Waals surface area (Å²) in [6.07, 6.45) is 5.84. The molecule has 18 heavy (non-hydrogen) atoms. The molecule has 2 rings (SSSR count). The molecule has 0 amide bonds. The molecule has 0 radical (unpaired) electrons. The minimum Gasteiger partial charge on any atom is -0.373 e. The molecule has 0 aromatic carbocycles. The Morgan fingerprint density at radius 3 is 2.89 bits per heavy atom. The Labute approximate surface area is 110 Å². The summed E-state index contributed by atoms with van der Waals surface area (Å²) in [6, 6.07) is 4.01. The van der Waals surface area contributed by atoms with Crippen molar-refractivity contribution in [3.63, 3.8) is 0 Å². The summed E-state index contributed by atoms with van der Waals surface area (Å²) in [5.74, 6) is 1.61. The molecule has 0 bridgehead atoms. The number of ether oxygens (including phenoxy) is 1. The van der Waals surface area contributed by atoms with Crippen LogP contribution in [0, 0.1) is 11.8 Å². The van der Waals surface area contributed by atoms with E-state index in [4.69, 9.17) is 10.5 Å². The zero-order chi connectivity index (χ0) is 13.0. The van der Waals surface area contributed by atoms with Crippen molar-refractivity contribution in [2.24, 2.45) is 17.6 Å². The van der Waals surface area contributed by atoms with Gasteiger partial charge in [-0.15, -0.1) is 0 Å². The molecule has 1 saturated carbocycles. The first-order valence-corrected chi connectivity index (χ1v) is 6.95. The molecule has 1 aromatic rings. The smallest absolute Gasteiger partial charge is 0.0738 e. The summed E-state index contributed by atoms with van der Waals surface area (Å²) in [5.41, 5.74) is 7.77. The molecule has 3 atom stereocenters. The highest BCUT2D eigenvalue weighted by Gasteiger charge is 2.25. The van der Waals surface area contributed by atoms with Gasteiger partial charge in [0.05, 0.1) is 18.4 Å². The van der Waals surface area contributed by atoms with Gasteiger partial charge in [0, 0.05) is 18.3 Å². The Bertz CT molecular complexity index is 381. The first-order valence-electron chi connectivity index (χ1n) is 6.95. The molecule has 1 aliphatic carbocycles. The topological polar surface area (TPSA) is 48.1 Å². The third-order valence-electron chi connectivity index (χ3n) is 4.20. The van der Waals surface area contributed by atoms with E-state index in [1.165, 1.54) is 19.3 Å². The lowest BCUT2D eigenvalue weighted by atomic mass is 9.80. The number of rotatable bonds is 4. The molecule has 0 aliphatic heterocycles. The van der Waals surface area contributed by atoms with Crippen LogP contribution in [0.4, 0.5) is 0 Å². The standard InChI is InChI=1S/C15H24N2O/c1-11-5-6-14(8-12(11)2)18-10-13-4-3-7-17-15(13)9-16/h3-4,7,11-12,14H,5-6,8-10,16H2,1-2H3. The quantitative estimate of drug-likeness (QED) is 0.891. The third-order valence-corrected chi connectivity index (χ3v) is 4.20. The van der Waals surface area contributed by atoms with Crippen LogP contribution in [-0.4, -0.2) is 11.1 Å². The van der Waals surface area contributed by atoms with Gasteiger partial charge in [-0.2, -0.15) is 0 Å². The third kappa shape index (κ3) is 3.30. The van der Waals surface area contributed by atoms with Gasteiger partial charge in [0.15, 0.2) is 0 Å². The Morgan fingerprint density at radius 2 is 2.17 bits per heavy atom. The summed E-state index contributed by atoms with van der Waals surface area (Å²) in [5, 5.41) is 0. The van der Waals surface area contributed by atoms with Crippen molar-refractivity contribution < 1.29 is 4.74 Å². The van der Waals surface area contributed by atoms with E-state index in [2.05, 4.69) is 24.9 Å². The molecule has 0 saturated heterocycles. The van der Waals surface area contributed by atoms with Gasteiger partial charge in [-0.3, -0.25) is 4.98 Å². The summed E-state index contributed by atoms with van der Waals surface area (Å²) >= 11 is 0. The van der Waals surface area contributed by atoms with Crippen molar-refractivity contribution in [1.82, 2.24) is 4.98 Å². The van der Waals surface area contributed by atoms with Gasteiger partial charge in [0.1, 0.15) is 0 Å². The first kappa shape index (κ1) is 13.5. The maximum Gasteiger partial charge on any atom is 0.0738 e. The van der Waals surface area contributed by atoms with Gasteiger partial charge in [-0.1, -0.05) is 19.9 Å². The Kier molecular flexibility index (Phi) is 4.72. The van der Waals surface area contributed by atoms with Crippen molar-refractivity contribution in [1.29, 1.82) is 0 Å². The van der Waals surface area contributed by atoms with Gasteiger partial charge < -0.3 is 10.5 Å². The Balaban J connectivity index is 1.88. The minimum atomic E-state index is 0.405. The van der Waals surface area contributed by atoms with Crippen LogP contribution in [0.3, 0.4) is 0 Å². The molecule has 3 nitrogen and oxygen atoms in total. The van der Waals surface area contributed by atoms with Crippen LogP contribution in [0.1, 0.15) is 44.4 Å². The normalized spacial score (nSPS) is 28.3. The predicted molar refractivity (Wildman–Crippen MR) is 72.9 cm³/mol. The van der Waals surface area contributed by atoms with E-state index in [1.807, 2.05) is 6.07 Å². The van der Waals surface area contributed by atoms with E-state index in [0.717, 1.165) is 23.1 Å². The maximum atomic E-state index is 6.03. The fourth-order valence-electron chi connectivity index (χ4n) is 2.64. The molecule has 100 valence electrons. The lowest BCUT2D eigenvalue weighted by molar-refractivity contribution is -0.00782. The fraction of sp³-hybridized carbons (Fsp3) is 0.667. The first-order chi connectivity index (χ1) is 8.70. The number of pyridine rings is 1. The van der Waals surface area contributed by atoms with Crippen LogP contribution >= 0.6 is 0 Å². The maximum absolute atomic E-state index is 6.03. The highest BCUT2D eigenvalue weighted by atomic mass is 16.5.